The van der Waals surface area contributed by atoms with Crippen molar-refractivity contribution in [2.75, 3.05) is 22.9 Å². The zero-order chi connectivity index (χ0) is 85.1. The third-order valence-electron chi connectivity index (χ3n) is 17.1. The average Bonchev–Trinajstić information content (AvgIpc) is 1.62. The molecule has 0 aliphatic carbocycles. The van der Waals surface area contributed by atoms with Gasteiger partial charge < -0.3 is 86.1 Å². The fourth-order valence-electron chi connectivity index (χ4n) is 13.3. The summed E-state index contributed by atoms with van der Waals surface area (Å²) in [5.74, 6) is -0.0904. The molecule has 18 atom stereocenters. The molecule has 6 unspecified atom stereocenters. The maximum absolute atomic E-state index is 12.6. The minimum atomic E-state index is -4.53. The molecule has 0 spiro atoms. The van der Waals surface area contributed by atoms with Crippen molar-refractivity contribution in [3.8, 4) is 0 Å². The van der Waals surface area contributed by atoms with E-state index in [-0.39, 0.29) is 91.0 Å². The van der Waals surface area contributed by atoms with Crippen LogP contribution in [0.1, 0.15) is 217 Å². The summed E-state index contributed by atoms with van der Waals surface area (Å²) in [5, 5.41) is 43.9. The van der Waals surface area contributed by atoms with Crippen LogP contribution < -0.4 is 45.3 Å². The second-order valence-corrected chi connectivity index (χ2v) is 41.6. The summed E-state index contributed by atoms with van der Waals surface area (Å²) in [4.78, 5) is 105. The van der Waals surface area contributed by atoms with Crippen LogP contribution in [0.25, 0.3) is 33.5 Å². The van der Waals surface area contributed by atoms with E-state index in [2.05, 4.69) is 91.4 Å². The molecular formula is C71H118N18O21P2S. The van der Waals surface area contributed by atoms with Gasteiger partial charge >= 0.3 is 20.2 Å². The lowest BCUT2D eigenvalue weighted by molar-refractivity contribution is -0.117. The minimum absolute atomic E-state index is 0.0108. The van der Waals surface area contributed by atoms with Crippen LogP contribution >= 0.6 is 14.5 Å². The number of aromatic amines is 3. The molecule has 11 heterocycles. The Morgan fingerprint density at radius 1 is 0.434 bits per heavy atom. The smallest absolute Gasteiger partial charge is 0.386 e. The van der Waals surface area contributed by atoms with Crippen LogP contribution in [0.15, 0.2) is 50.4 Å². The van der Waals surface area contributed by atoms with Crippen molar-refractivity contribution in [1.82, 2.24) is 68.1 Å². The van der Waals surface area contributed by atoms with Crippen molar-refractivity contribution in [3.63, 3.8) is 0 Å². The lowest BCUT2D eigenvalue weighted by Gasteiger charge is -2.32. The van der Waals surface area contributed by atoms with E-state index in [1.165, 1.54) is 44.9 Å². The maximum Gasteiger partial charge on any atom is 0.473 e. The van der Waals surface area contributed by atoms with Crippen molar-refractivity contribution in [2.45, 2.75) is 312 Å². The van der Waals surface area contributed by atoms with Gasteiger partial charge in [0.25, 0.3) is 16.7 Å². The topological polar surface area (TPSA) is 560 Å². The molecule has 7 aromatic heterocycles. The number of nitrogens with two attached hydrogens (primary N) is 4. The number of phosphoric acid groups is 1. The van der Waals surface area contributed by atoms with Crippen LogP contribution in [0.2, 0.25) is 0 Å². The second kappa shape index (κ2) is 33.8. The Hall–Kier alpha value is -6.63. The highest BCUT2D eigenvalue weighted by molar-refractivity contribution is 8.07. The van der Waals surface area contributed by atoms with Crippen molar-refractivity contribution in [2.24, 2.45) is 21.7 Å². The number of H-pyrrole nitrogens is 3. The molecule has 113 heavy (non-hydrogen) atoms. The predicted octanol–water partition coefficient (Wildman–Crippen LogP) is 6.79. The average molecular weight is 1650 g/mol. The Morgan fingerprint density at radius 3 is 1.00 bits per heavy atom. The first-order valence-corrected chi connectivity index (χ1v) is 41.1. The van der Waals surface area contributed by atoms with Gasteiger partial charge in [-0.05, 0) is 148 Å². The summed E-state index contributed by atoms with van der Waals surface area (Å²) < 4.78 is 76.6. The number of imidazole rings is 3. The van der Waals surface area contributed by atoms with E-state index in [1.807, 2.05) is 83.1 Å². The zero-order valence-corrected chi connectivity index (χ0v) is 71.4. The molecule has 4 fully saturated rings. The molecule has 0 aromatic carbocycles. The molecule has 4 saturated heterocycles. The van der Waals surface area contributed by atoms with Gasteiger partial charge in [0, 0.05) is 6.20 Å². The van der Waals surface area contributed by atoms with E-state index < -0.39 is 145 Å². The van der Waals surface area contributed by atoms with E-state index >= 15 is 0 Å². The standard InChI is InChI=1S/C18H30N5O7P.C18H30N5O6PS.C18H29N5O4.C17H29N3O4/c1-17(2,3)7-9-12(29-31(26,27)30-18(4,5)6)11(24)15(28-9)23-8-20-10-13(23)21-16(19)22-14(10)25;1-17(2,3)7-9-12(28-30(26,31)29-18(4,5)6)11(24)15(27-9)23-8-20-10-13(23)21-16(19)22-14(10)25;1-17(2,3)7-9-12(27-18(4,5)6)11(24)15(26-9)23-8-20-10-13(23)21-16(19)22-14(10)25;1-16(2,3)9-10-13(24-17(4,5)6)12(21)14(23-10)20-8-7-11(18)19-15(20)22/h8-9,11-12,15,24H,7H2,1-6H3,(H,26,27)(H3,19,21,22,25);8-9,11-12,15,24H,7H2,1-6H3,(H,26,31)(H3,19,21,22,25);8-9,11-12,15,24H,7H2,1-6H3,(H3,19,21,22,25);7-8,10,12-14,21H,9H2,1-6H3,(H2,18,19,22)/t9-,11+,12?,15-;9-,11+,12?,15-,30?;9-,11+,12?,15-;10-,12+,13?,14-/m1111/s1. The van der Waals surface area contributed by atoms with Crippen LogP contribution in [-0.4, -0.2) is 194 Å². The number of ether oxygens (including phenoxy) is 6. The van der Waals surface area contributed by atoms with Gasteiger partial charge in [-0.15, -0.1) is 0 Å². The quantitative estimate of drug-likeness (QED) is 0.0442. The van der Waals surface area contributed by atoms with Crippen molar-refractivity contribution < 1.29 is 81.3 Å². The molecule has 11 rings (SSSR count). The normalized spacial score (nSPS) is 27.2. The predicted molar refractivity (Wildman–Crippen MR) is 424 cm³/mol. The summed E-state index contributed by atoms with van der Waals surface area (Å²) in [6, 6.07) is 1.51. The molecule has 7 aromatic rings. The van der Waals surface area contributed by atoms with Crippen molar-refractivity contribution in [3.05, 3.63) is 72.8 Å². The molecule has 17 N–H and O–H groups in total. The molecule has 0 amide bonds. The van der Waals surface area contributed by atoms with E-state index in [0.29, 0.717) is 25.7 Å². The first-order chi connectivity index (χ1) is 51.4. The van der Waals surface area contributed by atoms with Gasteiger partial charge in [0.15, 0.2) is 58.4 Å². The number of phosphoric ester groups is 1. The molecule has 0 bridgehead atoms. The van der Waals surface area contributed by atoms with Crippen LogP contribution in [0.3, 0.4) is 0 Å². The van der Waals surface area contributed by atoms with Gasteiger partial charge in [-0.2, -0.15) is 19.9 Å². The maximum atomic E-state index is 12.6. The number of aliphatic hydroxyl groups is 4. The molecule has 0 saturated carbocycles. The van der Waals surface area contributed by atoms with E-state index in [1.54, 1.807) is 46.1 Å². The lowest BCUT2D eigenvalue weighted by atomic mass is 9.87. The third kappa shape index (κ3) is 24.7. The molecule has 39 nitrogen and oxygen atoms in total. The Bertz CT molecular complexity index is 4630. The molecule has 634 valence electrons. The number of hydrogen-bond donors (Lipinski definition) is 13. The summed E-state index contributed by atoms with van der Waals surface area (Å²) in [5.41, 5.74) is 18.2. The number of hydrogen-bond acceptors (Lipinski definition) is 31. The first-order valence-electron chi connectivity index (χ1n) is 37.0. The Morgan fingerprint density at radius 2 is 0.717 bits per heavy atom. The zero-order valence-electron chi connectivity index (χ0n) is 68.8. The summed E-state index contributed by atoms with van der Waals surface area (Å²) >= 11 is 5.19. The van der Waals surface area contributed by atoms with Gasteiger partial charge in [-0.1, -0.05) is 83.1 Å². The van der Waals surface area contributed by atoms with Crippen LogP contribution in [0, 0.1) is 21.7 Å². The molecule has 4 aliphatic heterocycles. The fourth-order valence-corrected chi connectivity index (χ4v) is 16.9. The van der Waals surface area contributed by atoms with Gasteiger partial charge in [0.05, 0.1) is 65.8 Å². The summed E-state index contributed by atoms with van der Waals surface area (Å²) in [6.45, 7) is 42.6. The number of nitrogen functional groups attached to an aromatic ring is 4. The first kappa shape index (κ1) is 91.9. The largest absolute Gasteiger partial charge is 0.473 e. The second-order valence-electron chi connectivity index (χ2n) is 37.5. The monoisotopic (exact) mass is 1650 g/mol. The highest BCUT2D eigenvalue weighted by atomic mass is 32.5. The summed E-state index contributed by atoms with van der Waals surface area (Å²) in [7, 11) is -4.53. The molecular weight excluding hydrogens is 1530 g/mol. The number of anilines is 4. The lowest BCUT2D eigenvalue weighted by Crippen LogP contribution is -2.42. The SMILES string of the molecule is CC(C)(C)C[C@H]1O[C@@H](n2ccc(N)nc2=O)[C@@H](O)C1OC(C)(C)C.CC(C)(C)C[C@H]1O[C@@H](n2cnc3c(=O)[nH]c(N)nc32)[C@@H](O)C1OC(C)(C)C.CC(C)(C)C[C@H]1O[C@@H](n2cnc3c(=O)[nH]c(N)nc32)[C@@H](O)C1OP(=O)(O)OC(C)(C)C.CC(C)(C)C[C@H]1O[C@@H](n2cnc3c(=O)[nH]c(N)nc32)[C@@H](O)C1OP(O)(=S)OC(C)(C)C. The number of rotatable bonds is 16. The van der Waals surface area contributed by atoms with Gasteiger partial charge in [-0.25, -0.2) is 24.3 Å². The number of aromatic nitrogens is 14. The fraction of sp³-hybridized carbons (Fsp3) is 0.732. The van der Waals surface area contributed by atoms with Crippen LogP contribution in [-0.2, 0) is 62.9 Å². The highest BCUT2D eigenvalue weighted by Gasteiger charge is 2.54. The Labute approximate surface area is 659 Å². The molecule has 42 heteroatoms. The van der Waals surface area contributed by atoms with E-state index in [4.69, 9.17) is 81.3 Å². The third-order valence-corrected chi connectivity index (χ3v) is 20.1. The van der Waals surface area contributed by atoms with Gasteiger partial charge in [0.2, 0.25) is 17.8 Å². The number of fused-ring (bicyclic) bond motifs is 3. The van der Waals surface area contributed by atoms with E-state index in [0.717, 1.165) is 0 Å². The number of aliphatic hydroxyl groups excluding tert-OH is 4. The Balaban J connectivity index is 0.000000190. The minimum Gasteiger partial charge on any atom is -0.386 e. The van der Waals surface area contributed by atoms with Gasteiger partial charge in [-0.3, -0.25) is 61.2 Å². The van der Waals surface area contributed by atoms with Crippen LogP contribution in [0.4, 0.5) is 23.7 Å². The van der Waals surface area contributed by atoms with Gasteiger partial charge in [0.1, 0.15) is 54.6 Å². The number of nitrogens with zero attached hydrogens (tertiary/aromatic N) is 11. The van der Waals surface area contributed by atoms with E-state index in [9.17, 15) is 54.0 Å². The van der Waals surface area contributed by atoms with Crippen molar-refractivity contribution in [1.29, 1.82) is 0 Å². The summed E-state index contributed by atoms with van der Waals surface area (Å²) in [6.07, 6.45) is -5.57. The number of nitrogens with one attached hydrogen (secondary N) is 3. The molecule has 4 aliphatic rings. The van der Waals surface area contributed by atoms with Crippen LogP contribution in [0.5, 0.6) is 0 Å². The highest BCUT2D eigenvalue weighted by Crippen LogP contribution is 2.54. The molecule has 0 radical (unpaired) electrons. The Kier molecular flexibility index (Phi) is 27.5. The van der Waals surface area contributed by atoms with Crippen molar-refractivity contribution >= 4 is 83.5 Å².